The molecule has 0 unspecified atom stereocenters. The second kappa shape index (κ2) is 4.73. The molecule has 92 valence electrons. The number of fused-ring (bicyclic) bond motifs is 1. The van der Waals surface area contributed by atoms with Crippen molar-refractivity contribution in [3.63, 3.8) is 0 Å². The first-order valence-corrected chi connectivity index (χ1v) is 5.46. The van der Waals surface area contributed by atoms with Gasteiger partial charge >= 0.3 is 0 Å². The largest absolute Gasteiger partial charge is 0.389 e. The van der Waals surface area contributed by atoms with E-state index < -0.39 is 6.10 Å². The zero-order chi connectivity index (χ0) is 12.4. The fourth-order valence-electron chi connectivity index (χ4n) is 1.99. The summed E-state index contributed by atoms with van der Waals surface area (Å²) >= 11 is 0. The third-order valence-corrected chi connectivity index (χ3v) is 2.81. The van der Waals surface area contributed by atoms with Crippen molar-refractivity contribution < 1.29 is 9.84 Å². The Morgan fingerprint density at radius 2 is 2.12 bits per heavy atom. The van der Waals surface area contributed by atoms with Gasteiger partial charge in [-0.3, -0.25) is 14.2 Å². The summed E-state index contributed by atoms with van der Waals surface area (Å²) in [4.78, 5) is 11.9. The van der Waals surface area contributed by atoms with E-state index in [1.54, 1.807) is 17.8 Å². The lowest BCUT2D eigenvalue weighted by atomic mass is 10.2. The number of benzene rings is 1. The van der Waals surface area contributed by atoms with Gasteiger partial charge in [-0.2, -0.15) is 0 Å². The van der Waals surface area contributed by atoms with Crippen LogP contribution in [0.1, 0.15) is 0 Å². The second-order valence-corrected chi connectivity index (χ2v) is 4.04. The average Bonchev–Trinajstić information content (AvgIpc) is 2.56. The fourth-order valence-corrected chi connectivity index (χ4v) is 1.99. The number of rotatable bonds is 4. The van der Waals surface area contributed by atoms with Crippen LogP contribution in [0.4, 0.5) is 0 Å². The molecule has 0 aliphatic carbocycles. The molecular weight excluding hydrogens is 220 g/mol. The van der Waals surface area contributed by atoms with E-state index in [4.69, 9.17) is 4.74 Å². The summed E-state index contributed by atoms with van der Waals surface area (Å²) in [5.41, 5.74) is 0.778. The van der Waals surface area contributed by atoms with Crippen LogP contribution in [-0.4, -0.2) is 34.3 Å². The van der Waals surface area contributed by atoms with Crippen LogP contribution in [0.2, 0.25) is 0 Å². The van der Waals surface area contributed by atoms with Gasteiger partial charge in [0.2, 0.25) is 0 Å². The zero-order valence-electron chi connectivity index (χ0n) is 9.96. The summed E-state index contributed by atoms with van der Waals surface area (Å²) in [5.74, 6) is 0. The van der Waals surface area contributed by atoms with Crippen LogP contribution in [0.25, 0.3) is 10.9 Å². The molecule has 2 rings (SSSR count). The molecule has 0 bridgehead atoms. The van der Waals surface area contributed by atoms with Crippen LogP contribution in [0.15, 0.2) is 29.1 Å². The molecule has 5 heteroatoms. The Morgan fingerprint density at radius 3 is 2.82 bits per heavy atom. The minimum atomic E-state index is -0.624. The number of hydrogen-bond acceptors (Lipinski definition) is 3. The maximum Gasteiger partial charge on any atom is 0.274 e. The summed E-state index contributed by atoms with van der Waals surface area (Å²) in [6.45, 7) is 0.591. The topological polar surface area (TPSA) is 56.4 Å². The summed E-state index contributed by atoms with van der Waals surface area (Å²) in [6, 6.07) is 7.37. The summed E-state index contributed by atoms with van der Waals surface area (Å²) in [5, 5.41) is 10.4. The first kappa shape index (κ1) is 11.9. The Morgan fingerprint density at radius 1 is 1.41 bits per heavy atom. The molecule has 0 aliphatic heterocycles. The molecule has 0 saturated heterocycles. The van der Waals surface area contributed by atoms with E-state index in [2.05, 4.69) is 0 Å². The molecule has 1 heterocycles. The molecule has 1 aromatic carbocycles. The standard InChI is InChI=1S/C12H16N2O3/c1-13-12(16)10-5-3-4-6-11(10)14(13)7-9(15)8-17-2/h3-6,9,15H,7-8H2,1-2H3/t9-/m0/s1. The molecule has 5 nitrogen and oxygen atoms in total. The molecule has 0 amide bonds. The van der Waals surface area contributed by atoms with Gasteiger partial charge in [-0.05, 0) is 12.1 Å². The number of methoxy groups -OCH3 is 1. The normalized spacial score (nSPS) is 13.1. The van der Waals surface area contributed by atoms with Crippen LogP contribution < -0.4 is 5.56 Å². The Bertz CT molecular complexity index is 571. The van der Waals surface area contributed by atoms with Crippen LogP contribution in [0.5, 0.6) is 0 Å². The molecule has 0 aliphatic rings. The predicted molar refractivity (Wildman–Crippen MR) is 65.1 cm³/mol. The van der Waals surface area contributed by atoms with E-state index in [1.165, 1.54) is 11.8 Å². The van der Waals surface area contributed by atoms with E-state index in [1.807, 2.05) is 18.2 Å². The van der Waals surface area contributed by atoms with Crippen molar-refractivity contribution in [1.29, 1.82) is 0 Å². The Kier molecular flexibility index (Phi) is 3.31. The van der Waals surface area contributed by atoms with Gasteiger partial charge in [-0.15, -0.1) is 0 Å². The van der Waals surface area contributed by atoms with Gasteiger partial charge < -0.3 is 9.84 Å². The van der Waals surface area contributed by atoms with Gasteiger partial charge in [-0.1, -0.05) is 12.1 Å². The Balaban J connectivity index is 2.46. The number of aromatic nitrogens is 2. The first-order valence-electron chi connectivity index (χ1n) is 5.46. The summed E-state index contributed by atoms with van der Waals surface area (Å²) in [7, 11) is 3.23. The molecule has 1 aromatic heterocycles. The number of aliphatic hydroxyl groups excluding tert-OH is 1. The van der Waals surface area contributed by atoms with E-state index >= 15 is 0 Å². The van der Waals surface area contributed by atoms with Crippen molar-refractivity contribution in [1.82, 2.24) is 9.36 Å². The smallest absolute Gasteiger partial charge is 0.274 e. The third-order valence-electron chi connectivity index (χ3n) is 2.81. The number of ether oxygens (including phenoxy) is 1. The Labute approximate surface area is 98.8 Å². The quantitative estimate of drug-likeness (QED) is 0.833. The van der Waals surface area contributed by atoms with E-state index in [0.717, 1.165) is 5.52 Å². The fraction of sp³-hybridized carbons (Fsp3) is 0.417. The molecular formula is C12H16N2O3. The van der Waals surface area contributed by atoms with Crippen LogP contribution in [-0.2, 0) is 18.3 Å². The van der Waals surface area contributed by atoms with Gasteiger partial charge in [0.15, 0.2) is 0 Å². The van der Waals surface area contributed by atoms with Crippen LogP contribution >= 0.6 is 0 Å². The molecule has 1 N–H and O–H groups in total. The van der Waals surface area contributed by atoms with Crippen molar-refractivity contribution in [2.45, 2.75) is 12.6 Å². The van der Waals surface area contributed by atoms with Crippen molar-refractivity contribution in [3.05, 3.63) is 34.6 Å². The Hall–Kier alpha value is -1.59. The van der Waals surface area contributed by atoms with E-state index in [0.29, 0.717) is 11.9 Å². The van der Waals surface area contributed by atoms with Gasteiger partial charge in [0.05, 0.1) is 30.2 Å². The lowest BCUT2D eigenvalue weighted by Crippen LogP contribution is -2.27. The molecule has 0 spiro atoms. The first-order chi connectivity index (χ1) is 8.15. The molecule has 1 atom stereocenters. The van der Waals surface area contributed by atoms with Crippen molar-refractivity contribution >= 4 is 10.9 Å². The van der Waals surface area contributed by atoms with Crippen molar-refractivity contribution in [3.8, 4) is 0 Å². The van der Waals surface area contributed by atoms with Crippen molar-refractivity contribution in [2.75, 3.05) is 13.7 Å². The minimum absolute atomic E-state index is 0.0507. The maximum atomic E-state index is 11.9. The second-order valence-electron chi connectivity index (χ2n) is 4.04. The zero-order valence-corrected chi connectivity index (χ0v) is 9.96. The molecule has 17 heavy (non-hydrogen) atoms. The molecule has 0 fully saturated rings. The summed E-state index contributed by atoms with van der Waals surface area (Å²) < 4.78 is 8.17. The lowest BCUT2D eigenvalue weighted by Gasteiger charge is -2.13. The minimum Gasteiger partial charge on any atom is -0.389 e. The highest BCUT2D eigenvalue weighted by molar-refractivity contribution is 5.78. The number of nitrogens with zero attached hydrogens (tertiary/aromatic N) is 2. The third kappa shape index (κ3) is 2.11. The highest BCUT2D eigenvalue weighted by Gasteiger charge is 2.12. The SMILES string of the molecule is COC[C@@H](O)Cn1c2ccccc2c(=O)n1C. The lowest BCUT2D eigenvalue weighted by molar-refractivity contribution is 0.0501. The molecule has 0 radical (unpaired) electrons. The van der Waals surface area contributed by atoms with Gasteiger partial charge in [0.25, 0.3) is 5.56 Å². The monoisotopic (exact) mass is 236 g/mol. The van der Waals surface area contributed by atoms with Gasteiger partial charge in [-0.25, -0.2) is 0 Å². The molecule has 0 saturated carbocycles. The van der Waals surface area contributed by atoms with E-state index in [-0.39, 0.29) is 12.2 Å². The number of aliphatic hydroxyl groups is 1. The highest BCUT2D eigenvalue weighted by atomic mass is 16.5. The van der Waals surface area contributed by atoms with Crippen LogP contribution in [0.3, 0.4) is 0 Å². The predicted octanol–water partition coefficient (Wildman–Crippen LogP) is 0.347. The summed E-state index contributed by atoms with van der Waals surface area (Å²) in [6.07, 6.45) is -0.624. The van der Waals surface area contributed by atoms with Crippen molar-refractivity contribution in [2.24, 2.45) is 7.05 Å². The van der Waals surface area contributed by atoms with Gasteiger partial charge in [0.1, 0.15) is 0 Å². The number of hydrogen-bond donors (Lipinski definition) is 1. The number of para-hydroxylation sites is 1. The highest BCUT2D eigenvalue weighted by Crippen LogP contribution is 2.10. The molecule has 2 aromatic rings. The average molecular weight is 236 g/mol. The van der Waals surface area contributed by atoms with Gasteiger partial charge in [0, 0.05) is 14.2 Å². The van der Waals surface area contributed by atoms with E-state index in [9.17, 15) is 9.90 Å². The maximum absolute atomic E-state index is 11.9. The van der Waals surface area contributed by atoms with Crippen LogP contribution in [0, 0.1) is 0 Å².